The quantitative estimate of drug-likeness (QED) is 0.787. The lowest BCUT2D eigenvalue weighted by atomic mass is 10.1. The van der Waals surface area contributed by atoms with Crippen LogP contribution >= 0.6 is 11.3 Å². The highest BCUT2D eigenvalue weighted by atomic mass is 32.1. The maximum absolute atomic E-state index is 5.85. The van der Waals surface area contributed by atoms with Crippen LogP contribution in [0.25, 0.3) is 10.8 Å². The van der Waals surface area contributed by atoms with Gasteiger partial charge < -0.3 is 9.32 Å². The first kappa shape index (κ1) is 14.9. The number of hydrogen-bond acceptors (Lipinski definition) is 4. The molecule has 1 unspecified atom stereocenters. The van der Waals surface area contributed by atoms with Gasteiger partial charge in [-0.25, -0.2) is 0 Å². The SMILES string of the molecule is Cc1ccccc1C[NH+](C)[C@H](C)c1nnc(-c2cccs2)o1. The van der Waals surface area contributed by atoms with Crippen molar-refractivity contribution in [1.29, 1.82) is 0 Å². The van der Waals surface area contributed by atoms with Gasteiger partial charge in [-0.1, -0.05) is 30.3 Å². The number of rotatable bonds is 5. The maximum atomic E-state index is 5.85. The fraction of sp³-hybridized carbons (Fsp3) is 0.294. The van der Waals surface area contributed by atoms with Crippen LogP contribution in [0.5, 0.6) is 0 Å². The highest BCUT2D eigenvalue weighted by Gasteiger charge is 2.23. The van der Waals surface area contributed by atoms with Gasteiger partial charge >= 0.3 is 0 Å². The molecule has 0 radical (unpaired) electrons. The predicted molar refractivity (Wildman–Crippen MR) is 87.8 cm³/mol. The Morgan fingerprint density at radius 1 is 1.18 bits per heavy atom. The number of aryl methyl sites for hydroxylation is 1. The molecule has 0 aliphatic carbocycles. The molecule has 1 N–H and O–H groups in total. The average Bonchev–Trinajstić information content (AvgIpc) is 3.19. The molecule has 2 aromatic heterocycles. The van der Waals surface area contributed by atoms with Crippen molar-refractivity contribution < 1.29 is 9.32 Å². The van der Waals surface area contributed by atoms with Gasteiger partial charge in [-0.2, -0.15) is 0 Å². The molecule has 0 aliphatic heterocycles. The molecule has 2 heterocycles. The minimum atomic E-state index is 0.154. The van der Waals surface area contributed by atoms with E-state index in [0.29, 0.717) is 11.8 Å². The van der Waals surface area contributed by atoms with Crippen molar-refractivity contribution in [3.63, 3.8) is 0 Å². The summed E-state index contributed by atoms with van der Waals surface area (Å²) in [5.41, 5.74) is 2.67. The molecule has 0 saturated carbocycles. The van der Waals surface area contributed by atoms with Crippen LogP contribution in [-0.2, 0) is 6.54 Å². The lowest BCUT2D eigenvalue weighted by Crippen LogP contribution is -3.07. The van der Waals surface area contributed by atoms with Crippen molar-refractivity contribution in [2.45, 2.75) is 26.4 Å². The van der Waals surface area contributed by atoms with E-state index in [0.717, 1.165) is 11.4 Å². The summed E-state index contributed by atoms with van der Waals surface area (Å²) in [6.07, 6.45) is 0. The van der Waals surface area contributed by atoms with Gasteiger partial charge in [-0.05, 0) is 30.9 Å². The zero-order valence-corrected chi connectivity index (χ0v) is 13.9. The van der Waals surface area contributed by atoms with Gasteiger partial charge in [0, 0.05) is 5.56 Å². The minimum absolute atomic E-state index is 0.154. The molecule has 4 nitrogen and oxygen atoms in total. The van der Waals surface area contributed by atoms with Crippen molar-refractivity contribution in [2.75, 3.05) is 7.05 Å². The number of thiophene rings is 1. The molecular formula is C17H20N3OS+. The van der Waals surface area contributed by atoms with Crippen molar-refractivity contribution in [2.24, 2.45) is 0 Å². The molecule has 0 amide bonds. The smallest absolute Gasteiger partial charge is 0.274 e. The topological polar surface area (TPSA) is 43.4 Å². The third kappa shape index (κ3) is 3.10. The number of hydrogen-bond donors (Lipinski definition) is 1. The number of nitrogens with zero attached hydrogens (tertiary/aromatic N) is 2. The van der Waals surface area contributed by atoms with Crippen molar-refractivity contribution in [1.82, 2.24) is 10.2 Å². The van der Waals surface area contributed by atoms with E-state index in [4.69, 9.17) is 4.42 Å². The average molecular weight is 314 g/mol. The number of quaternary nitrogens is 1. The summed E-state index contributed by atoms with van der Waals surface area (Å²) in [5.74, 6) is 1.30. The van der Waals surface area contributed by atoms with Crippen LogP contribution in [-0.4, -0.2) is 17.2 Å². The summed E-state index contributed by atoms with van der Waals surface area (Å²) < 4.78 is 5.85. The molecule has 3 rings (SSSR count). The molecule has 3 aromatic rings. The van der Waals surface area contributed by atoms with Crippen LogP contribution in [0.15, 0.2) is 46.2 Å². The molecule has 0 saturated heterocycles. The van der Waals surface area contributed by atoms with E-state index < -0.39 is 0 Å². The molecular weight excluding hydrogens is 294 g/mol. The summed E-state index contributed by atoms with van der Waals surface area (Å²) in [6.45, 7) is 5.21. The Kier molecular flexibility index (Phi) is 4.36. The fourth-order valence-corrected chi connectivity index (χ4v) is 3.03. The lowest BCUT2D eigenvalue weighted by molar-refractivity contribution is -0.925. The van der Waals surface area contributed by atoms with E-state index in [-0.39, 0.29) is 6.04 Å². The van der Waals surface area contributed by atoms with Gasteiger partial charge in [0.05, 0.1) is 11.9 Å². The fourth-order valence-electron chi connectivity index (χ4n) is 2.38. The highest BCUT2D eigenvalue weighted by Crippen LogP contribution is 2.24. The van der Waals surface area contributed by atoms with E-state index >= 15 is 0 Å². The predicted octanol–water partition coefficient (Wildman–Crippen LogP) is 2.88. The van der Waals surface area contributed by atoms with Gasteiger partial charge in [0.15, 0.2) is 6.04 Å². The van der Waals surface area contributed by atoms with Crippen LogP contribution < -0.4 is 4.90 Å². The van der Waals surface area contributed by atoms with Crippen LogP contribution in [0.3, 0.4) is 0 Å². The molecule has 1 aromatic carbocycles. The third-order valence-corrected chi connectivity index (χ3v) is 4.87. The van der Waals surface area contributed by atoms with Gasteiger partial charge in [0.25, 0.3) is 11.8 Å². The zero-order chi connectivity index (χ0) is 15.5. The monoisotopic (exact) mass is 314 g/mol. The molecule has 0 aliphatic rings. The second-order valence-electron chi connectivity index (χ2n) is 5.59. The van der Waals surface area contributed by atoms with Gasteiger partial charge in [-0.15, -0.1) is 21.5 Å². The van der Waals surface area contributed by atoms with Crippen molar-refractivity contribution in [3.05, 3.63) is 58.8 Å². The molecule has 0 spiro atoms. The molecule has 2 atom stereocenters. The molecule has 0 fully saturated rings. The Balaban J connectivity index is 1.73. The first-order valence-electron chi connectivity index (χ1n) is 7.39. The van der Waals surface area contributed by atoms with E-state index in [2.05, 4.69) is 55.4 Å². The lowest BCUT2D eigenvalue weighted by Gasteiger charge is -2.19. The Bertz CT molecular complexity index is 736. The minimum Gasteiger partial charge on any atom is -0.414 e. The molecule has 5 heteroatoms. The normalized spacial score (nSPS) is 14.0. The number of benzene rings is 1. The molecule has 114 valence electrons. The van der Waals surface area contributed by atoms with E-state index in [9.17, 15) is 0 Å². The summed E-state index contributed by atoms with van der Waals surface area (Å²) in [4.78, 5) is 2.35. The third-order valence-electron chi connectivity index (χ3n) is 4.01. The Hall–Kier alpha value is -1.98. The Morgan fingerprint density at radius 2 is 2.00 bits per heavy atom. The molecule has 0 bridgehead atoms. The van der Waals surface area contributed by atoms with Crippen LogP contribution in [0.4, 0.5) is 0 Å². The first-order valence-corrected chi connectivity index (χ1v) is 8.27. The van der Waals surface area contributed by atoms with E-state index in [1.165, 1.54) is 16.0 Å². The maximum Gasteiger partial charge on any atom is 0.274 e. The Morgan fingerprint density at radius 3 is 2.73 bits per heavy atom. The standard InChI is InChI=1S/C17H19N3OS/c1-12-7-4-5-8-14(12)11-20(3)13(2)16-18-19-17(21-16)15-9-6-10-22-15/h4-10,13H,11H2,1-3H3/p+1/t13-/m1/s1. The van der Waals surface area contributed by atoms with Crippen LogP contribution in [0, 0.1) is 6.92 Å². The van der Waals surface area contributed by atoms with Gasteiger partial charge in [0.1, 0.15) is 6.54 Å². The Labute approximate surface area is 134 Å². The summed E-state index contributed by atoms with van der Waals surface area (Å²) in [6, 6.07) is 12.6. The van der Waals surface area contributed by atoms with Crippen LogP contribution in [0.1, 0.15) is 30.0 Å². The second kappa shape index (κ2) is 6.42. The van der Waals surface area contributed by atoms with Gasteiger partial charge in [0.2, 0.25) is 0 Å². The van der Waals surface area contributed by atoms with Crippen LogP contribution in [0.2, 0.25) is 0 Å². The van der Waals surface area contributed by atoms with Crippen molar-refractivity contribution in [3.8, 4) is 10.8 Å². The first-order chi connectivity index (χ1) is 10.6. The van der Waals surface area contributed by atoms with Gasteiger partial charge in [-0.3, -0.25) is 0 Å². The number of aromatic nitrogens is 2. The zero-order valence-electron chi connectivity index (χ0n) is 13.0. The largest absolute Gasteiger partial charge is 0.414 e. The van der Waals surface area contributed by atoms with E-state index in [1.54, 1.807) is 11.3 Å². The summed E-state index contributed by atoms with van der Waals surface area (Å²) in [7, 11) is 2.16. The summed E-state index contributed by atoms with van der Waals surface area (Å²) in [5, 5.41) is 10.4. The highest BCUT2D eigenvalue weighted by molar-refractivity contribution is 7.13. The second-order valence-corrected chi connectivity index (χ2v) is 6.54. The molecule has 22 heavy (non-hydrogen) atoms. The number of nitrogens with one attached hydrogen (secondary N) is 1. The summed E-state index contributed by atoms with van der Waals surface area (Å²) >= 11 is 1.61. The van der Waals surface area contributed by atoms with Crippen molar-refractivity contribution >= 4 is 11.3 Å². The van der Waals surface area contributed by atoms with E-state index in [1.807, 2.05) is 17.5 Å².